The minimum atomic E-state index is 0.115. The predicted molar refractivity (Wildman–Crippen MR) is 55.8 cm³/mol. The van der Waals surface area contributed by atoms with E-state index in [0.717, 1.165) is 12.5 Å². The van der Waals surface area contributed by atoms with Crippen LogP contribution in [0.3, 0.4) is 0 Å². The summed E-state index contributed by atoms with van der Waals surface area (Å²) < 4.78 is 0. The molecule has 1 aliphatic heterocycles. The van der Waals surface area contributed by atoms with Crippen LogP contribution in [0.4, 0.5) is 0 Å². The van der Waals surface area contributed by atoms with E-state index in [9.17, 15) is 0 Å². The molecule has 13 heavy (non-hydrogen) atoms. The van der Waals surface area contributed by atoms with Crippen molar-refractivity contribution in [3.05, 3.63) is 0 Å². The molecule has 0 aliphatic carbocycles. The normalized spacial score (nSPS) is 25.4. The Hall–Kier alpha value is -0.0800. The third kappa shape index (κ3) is 3.28. The van der Waals surface area contributed by atoms with E-state index in [0.29, 0.717) is 6.61 Å². The van der Waals surface area contributed by atoms with Gasteiger partial charge in [-0.25, -0.2) is 0 Å². The molecule has 1 rings (SSSR count). The zero-order valence-electron chi connectivity index (χ0n) is 9.21. The summed E-state index contributed by atoms with van der Waals surface area (Å²) in [5, 5.41) is 9.12. The second-order valence-electron chi connectivity index (χ2n) is 5.14. The molecule has 2 heteroatoms. The van der Waals surface area contributed by atoms with Crippen LogP contribution in [-0.4, -0.2) is 36.2 Å². The van der Waals surface area contributed by atoms with Crippen molar-refractivity contribution in [1.82, 2.24) is 4.90 Å². The first kappa shape index (κ1) is 11.0. The first-order valence-electron chi connectivity index (χ1n) is 5.36. The standard InChI is InChI=1S/C11H23NO/c1-11(2,9-13)7-6-10-5-4-8-12(10)3/h10,13H,4-9H2,1-3H3. The van der Waals surface area contributed by atoms with Crippen molar-refractivity contribution in [1.29, 1.82) is 0 Å². The minimum Gasteiger partial charge on any atom is -0.396 e. The molecule has 0 bridgehead atoms. The summed E-state index contributed by atoms with van der Waals surface area (Å²) in [6.45, 7) is 5.84. The van der Waals surface area contributed by atoms with Gasteiger partial charge in [0.2, 0.25) is 0 Å². The molecular formula is C11H23NO. The van der Waals surface area contributed by atoms with E-state index in [2.05, 4.69) is 25.8 Å². The Morgan fingerprint density at radius 2 is 2.15 bits per heavy atom. The number of nitrogens with zero attached hydrogens (tertiary/aromatic N) is 1. The van der Waals surface area contributed by atoms with E-state index in [1.807, 2.05) is 0 Å². The molecule has 1 aliphatic rings. The van der Waals surface area contributed by atoms with Gasteiger partial charge in [0.25, 0.3) is 0 Å². The summed E-state index contributed by atoms with van der Waals surface area (Å²) in [6, 6.07) is 0.769. The van der Waals surface area contributed by atoms with Crippen molar-refractivity contribution in [2.75, 3.05) is 20.2 Å². The smallest absolute Gasteiger partial charge is 0.0482 e. The lowest BCUT2D eigenvalue weighted by Gasteiger charge is -2.26. The summed E-state index contributed by atoms with van der Waals surface area (Å²) in [6.07, 6.45) is 5.07. The van der Waals surface area contributed by atoms with E-state index in [1.165, 1.54) is 25.8 Å². The van der Waals surface area contributed by atoms with Gasteiger partial charge in [-0.2, -0.15) is 0 Å². The highest BCUT2D eigenvalue weighted by Crippen LogP contribution is 2.27. The molecule has 2 nitrogen and oxygen atoms in total. The fraction of sp³-hybridized carbons (Fsp3) is 1.00. The fourth-order valence-corrected chi connectivity index (χ4v) is 1.98. The topological polar surface area (TPSA) is 23.5 Å². The zero-order chi connectivity index (χ0) is 9.90. The second-order valence-corrected chi connectivity index (χ2v) is 5.14. The predicted octanol–water partition coefficient (Wildman–Crippen LogP) is 1.88. The van der Waals surface area contributed by atoms with Crippen molar-refractivity contribution in [2.45, 2.75) is 45.6 Å². The fourth-order valence-electron chi connectivity index (χ4n) is 1.98. The molecule has 1 heterocycles. The van der Waals surface area contributed by atoms with Gasteiger partial charge in [-0.1, -0.05) is 13.8 Å². The summed E-state index contributed by atoms with van der Waals surface area (Å²) in [4.78, 5) is 2.45. The number of aliphatic hydroxyl groups is 1. The van der Waals surface area contributed by atoms with E-state index in [-0.39, 0.29) is 5.41 Å². The monoisotopic (exact) mass is 185 g/mol. The number of aliphatic hydroxyl groups excluding tert-OH is 1. The molecule has 0 aromatic heterocycles. The Morgan fingerprint density at radius 3 is 2.62 bits per heavy atom. The van der Waals surface area contributed by atoms with Crippen LogP contribution in [0.15, 0.2) is 0 Å². The zero-order valence-corrected chi connectivity index (χ0v) is 9.21. The number of rotatable bonds is 4. The molecule has 0 spiro atoms. The van der Waals surface area contributed by atoms with Gasteiger partial charge in [0.1, 0.15) is 0 Å². The number of hydrogen-bond donors (Lipinski definition) is 1. The van der Waals surface area contributed by atoms with Crippen LogP contribution in [0.2, 0.25) is 0 Å². The van der Waals surface area contributed by atoms with Gasteiger partial charge < -0.3 is 10.0 Å². The lowest BCUT2D eigenvalue weighted by Crippen LogP contribution is -2.27. The van der Waals surface area contributed by atoms with E-state index in [4.69, 9.17) is 5.11 Å². The maximum Gasteiger partial charge on any atom is 0.0482 e. The summed E-state index contributed by atoms with van der Waals surface area (Å²) >= 11 is 0. The highest BCUT2D eigenvalue weighted by atomic mass is 16.3. The Morgan fingerprint density at radius 1 is 1.46 bits per heavy atom. The Balaban J connectivity index is 2.25. The molecule has 1 N–H and O–H groups in total. The Bertz CT molecular complexity index is 156. The number of hydrogen-bond acceptors (Lipinski definition) is 2. The molecule has 1 unspecified atom stereocenters. The molecule has 1 atom stereocenters. The van der Waals surface area contributed by atoms with Gasteiger partial charge in [-0.05, 0) is 44.7 Å². The van der Waals surface area contributed by atoms with E-state index < -0.39 is 0 Å². The first-order chi connectivity index (χ1) is 6.05. The van der Waals surface area contributed by atoms with Crippen molar-refractivity contribution in [3.8, 4) is 0 Å². The molecule has 0 amide bonds. The number of likely N-dealkylation sites (tertiary alicyclic amines) is 1. The Labute approximate surface area is 81.9 Å². The highest BCUT2D eigenvalue weighted by Gasteiger charge is 2.24. The third-order valence-corrected chi connectivity index (χ3v) is 3.25. The minimum absolute atomic E-state index is 0.115. The van der Waals surface area contributed by atoms with Gasteiger partial charge in [0.05, 0.1) is 0 Å². The maximum atomic E-state index is 9.12. The molecule has 0 aromatic carbocycles. The SMILES string of the molecule is CN1CCCC1CCC(C)(C)CO. The third-order valence-electron chi connectivity index (χ3n) is 3.25. The highest BCUT2D eigenvalue weighted by molar-refractivity contribution is 4.79. The van der Waals surface area contributed by atoms with Crippen LogP contribution >= 0.6 is 0 Å². The van der Waals surface area contributed by atoms with Gasteiger partial charge in [0, 0.05) is 12.6 Å². The van der Waals surface area contributed by atoms with Crippen LogP contribution in [-0.2, 0) is 0 Å². The quantitative estimate of drug-likeness (QED) is 0.723. The van der Waals surface area contributed by atoms with Crippen LogP contribution < -0.4 is 0 Å². The summed E-state index contributed by atoms with van der Waals surface area (Å²) in [5.74, 6) is 0. The van der Waals surface area contributed by atoms with Crippen LogP contribution in [0, 0.1) is 5.41 Å². The van der Waals surface area contributed by atoms with Crippen molar-refractivity contribution in [2.24, 2.45) is 5.41 Å². The molecule has 0 aromatic rings. The molecule has 0 saturated carbocycles. The van der Waals surface area contributed by atoms with Gasteiger partial charge in [-0.3, -0.25) is 0 Å². The molecule has 78 valence electrons. The van der Waals surface area contributed by atoms with Crippen molar-refractivity contribution >= 4 is 0 Å². The molecular weight excluding hydrogens is 162 g/mol. The van der Waals surface area contributed by atoms with Crippen LogP contribution in [0.1, 0.15) is 39.5 Å². The lowest BCUT2D eigenvalue weighted by molar-refractivity contribution is 0.136. The van der Waals surface area contributed by atoms with Crippen LogP contribution in [0.5, 0.6) is 0 Å². The Kier molecular flexibility index (Phi) is 3.74. The second kappa shape index (κ2) is 4.43. The van der Waals surface area contributed by atoms with E-state index >= 15 is 0 Å². The van der Waals surface area contributed by atoms with Crippen LogP contribution in [0.25, 0.3) is 0 Å². The van der Waals surface area contributed by atoms with E-state index in [1.54, 1.807) is 0 Å². The van der Waals surface area contributed by atoms with Gasteiger partial charge in [-0.15, -0.1) is 0 Å². The molecule has 1 saturated heterocycles. The average molecular weight is 185 g/mol. The largest absolute Gasteiger partial charge is 0.396 e. The molecule has 1 fully saturated rings. The maximum absolute atomic E-state index is 9.12. The van der Waals surface area contributed by atoms with Crippen molar-refractivity contribution < 1.29 is 5.11 Å². The summed E-state index contributed by atoms with van der Waals surface area (Å²) in [7, 11) is 2.21. The van der Waals surface area contributed by atoms with Crippen molar-refractivity contribution in [3.63, 3.8) is 0 Å². The van der Waals surface area contributed by atoms with Gasteiger partial charge >= 0.3 is 0 Å². The first-order valence-corrected chi connectivity index (χ1v) is 5.36. The lowest BCUT2D eigenvalue weighted by atomic mass is 9.87. The average Bonchev–Trinajstić information content (AvgIpc) is 2.48. The summed E-state index contributed by atoms with van der Waals surface area (Å²) in [5.41, 5.74) is 0.115. The molecule has 0 radical (unpaired) electrons. The van der Waals surface area contributed by atoms with Gasteiger partial charge in [0.15, 0.2) is 0 Å².